The summed E-state index contributed by atoms with van der Waals surface area (Å²) in [4.78, 5) is 9.39. The summed E-state index contributed by atoms with van der Waals surface area (Å²) in [5.41, 5.74) is 3.74. The Morgan fingerprint density at radius 3 is 3.35 bits per heavy atom. The lowest BCUT2D eigenvalue weighted by Crippen LogP contribution is -2.30. The van der Waals surface area contributed by atoms with Crippen molar-refractivity contribution in [3.05, 3.63) is 42.5 Å². The Morgan fingerprint density at radius 1 is 1.40 bits per heavy atom. The van der Waals surface area contributed by atoms with E-state index in [-0.39, 0.29) is 0 Å². The molecule has 0 saturated heterocycles. The maximum Gasteiger partial charge on any atom is 0.274 e. The monoisotopic (exact) mass is 282 g/mol. The number of pyridine rings is 2. The second-order valence-corrected chi connectivity index (χ2v) is 5.85. The number of aryl methyl sites for hydroxylation is 1. The third-order valence-corrected chi connectivity index (χ3v) is 5.04. The Bertz CT molecular complexity index is 1090. The lowest BCUT2D eigenvalue weighted by atomic mass is 10.2. The number of aromatic nitrogens is 4. The van der Waals surface area contributed by atoms with Crippen LogP contribution in [0.15, 0.2) is 36.8 Å². The van der Waals surface area contributed by atoms with Gasteiger partial charge in [-0.15, -0.1) is 0 Å². The first-order valence-electron chi connectivity index (χ1n) is 7.81. The van der Waals surface area contributed by atoms with Crippen molar-refractivity contribution in [3.63, 3.8) is 0 Å². The lowest BCUT2D eigenvalue weighted by Gasteiger charge is -1.93. The van der Waals surface area contributed by atoms with E-state index in [0.717, 1.165) is 32.0 Å². The normalized spacial score (nSPS) is 15.9. The van der Waals surface area contributed by atoms with E-state index in [1.807, 2.05) is 12.1 Å². The molecule has 4 aromatic rings. The van der Waals surface area contributed by atoms with Crippen LogP contribution in [0, 0.1) is 0 Å². The fourth-order valence-corrected chi connectivity index (χ4v) is 4.21. The Balaban J connectivity index is 1.96. The maximum absolute atomic E-state index is 7.91. The van der Waals surface area contributed by atoms with E-state index in [1.165, 1.54) is 15.9 Å². The summed E-state index contributed by atoms with van der Waals surface area (Å²) >= 11 is 1.51. The van der Waals surface area contributed by atoms with Gasteiger partial charge in [0.25, 0.3) is 10.5 Å². The zero-order valence-corrected chi connectivity index (χ0v) is 11.2. The van der Waals surface area contributed by atoms with Crippen LogP contribution in [-0.4, -0.2) is 14.5 Å². The van der Waals surface area contributed by atoms with Crippen LogP contribution in [0.25, 0.3) is 31.8 Å². The van der Waals surface area contributed by atoms with Crippen molar-refractivity contribution in [3.8, 4) is 10.6 Å². The first-order chi connectivity index (χ1) is 11.1. The molecule has 0 N–H and O–H groups in total. The van der Waals surface area contributed by atoms with E-state index < -0.39 is 6.98 Å². The third kappa shape index (κ3) is 1.10. The summed E-state index contributed by atoms with van der Waals surface area (Å²) in [6.07, 6.45) is 5.17. The van der Waals surface area contributed by atoms with E-state index in [1.54, 1.807) is 24.7 Å². The van der Waals surface area contributed by atoms with Crippen LogP contribution in [-0.2, 0) is 13.5 Å². The highest BCUT2D eigenvalue weighted by atomic mass is 32.1. The van der Waals surface area contributed by atoms with E-state index in [0.29, 0.717) is 12.1 Å². The Labute approximate surface area is 123 Å². The van der Waals surface area contributed by atoms with Crippen molar-refractivity contribution in [2.75, 3.05) is 0 Å². The van der Waals surface area contributed by atoms with Crippen molar-refractivity contribution >= 4 is 32.6 Å². The predicted molar refractivity (Wildman–Crippen MR) is 78.6 cm³/mol. The maximum atomic E-state index is 7.91. The summed E-state index contributed by atoms with van der Waals surface area (Å²) < 4.78 is 27.3. The molecule has 1 aliphatic rings. The first-order valence-corrected chi connectivity index (χ1v) is 7.13. The molecule has 5 heteroatoms. The van der Waals surface area contributed by atoms with Crippen LogP contribution < -0.4 is 4.57 Å². The lowest BCUT2D eigenvalue weighted by molar-refractivity contribution is -0.641. The molecule has 0 amide bonds. The Kier molecular flexibility index (Phi) is 1.39. The van der Waals surface area contributed by atoms with Gasteiger partial charge in [-0.2, -0.15) is 4.57 Å². The quantitative estimate of drug-likeness (QED) is 0.409. The number of rotatable bonds is 0. The van der Waals surface area contributed by atoms with Gasteiger partial charge in [0, 0.05) is 29.7 Å². The van der Waals surface area contributed by atoms with Gasteiger partial charge in [0.1, 0.15) is 5.69 Å². The zero-order chi connectivity index (χ0) is 15.8. The zero-order valence-electron chi connectivity index (χ0n) is 13.4. The van der Waals surface area contributed by atoms with Crippen molar-refractivity contribution < 1.29 is 8.68 Å². The molecule has 0 spiro atoms. The molecule has 0 saturated carbocycles. The van der Waals surface area contributed by atoms with Crippen LogP contribution in [0.3, 0.4) is 0 Å². The Hall–Kier alpha value is -2.27. The average Bonchev–Trinajstić information content (AvgIpc) is 3.12. The van der Waals surface area contributed by atoms with Crippen molar-refractivity contribution in [1.29, 1.82) is 0 Å². The van der Waals surface area contributed by atoms with Gasteiger partial charge in [-0.25, -0.2) is 0 Å². The van der Waals surface area contributed by atoms with Crippen LogP contribution in [0.2, 0.25) is 0 Å². The highest BCUT2D eigenvalue weighted by Crippen LogP contribution is 2.38. The second kappa shape index (κ2) is 3.43. The number of nitrogens with zero attached hydrogens (tertiary/aromatic N) is 4. The average molecular weight is 282 g/mol. The highest BCUT2D eigenvalue weighted by molar-refractivity contribution is 7.21. The van der Waals surface area contributed by atoms with Gasteiger partial charge >= 0.3 is 0 Å². The molecule has 4 aromatic heterocycles. The first kappa shape index (κ1) is 8.11. The molecule has 20 heavy (non-hydrogen) atoms. The molecular weight excluding hydrogens is 268 g/mol. The van der Waals surface area contributed by atoms with Crippen LogP contribution in [0.4, 0.5) is 0 Å². The molecule has 96 valence electrons. The fraction of sp³-hybridized carbons (Fsp3) is 0.133. The summed E-state index contributed by atoms with van der Waals surface area (Å²) in [5.74, 6) is 0. The SMILES string of the molecule is [2H]C([2H])([2H])n1c2ccncc2c2c1sc1[n+]2Cc2ncccc2-1. The highest BCUT2D eigenvalue weighted by Gasteiger charge is 2.35. The minimum absolute atomic E-state index is 0.667. The van der Waals surface area contributed by atoms with E-state index >= 15 is 0 Å². The molecule has 5 rings (SSSR count). The topological polar surface area (TPSA) is 34.6 Å². The summed E-state index contributed by atoms with van der Waals surface area (Å²) in [6, 6.07) is 5.72. The van der Waals surface area contributed by atoms with E-state index in [2.05, 4.69) is 14.5 Å². The standard InChI is InChI=1S/C15H11N4S/c1-18-12-4-6-16-7-10(12)13-15(18)20-14-9-3-2-5-17-11(9)8-19(13)14/h2-7H,8H2,1H3/q+1/i1D3. The number of fused-ring (bicyclic) bond motifs is 7. The molecule has 0 atom stereocenters. The van der Waals surface area contributed by atoms with E-state index in [9.17, 15) is 0 Å². The number of hydrogen-bond acceptors (Lipinski definition) is 3. The summed E-state index contributed by atoms with van der Waals surface area (Å²) in [5, 5.41) is 1.93. The molecule has 0 fully saturated rings. The smallest absolute Gasteiger partial charge is 0.274 e. The number of thiazole rings is 1. The van der Waals surface area contributed by atoms with Gasteiger partial charge in [0.2, 0.25) is 0 Å². The molecule has 0 radical (unpaired) electrons. The molecule has 5 heterocycles. The van der Waals surface area contributed by atoms with E-state index in [4.69, 9.17) is 4.11 Å². The van der Waals surface area contributed by atoms with Crippen molar-refractivity contribution in [2.24, 2.45) is 6.98 Å². The minimum Gasteiger partial charge on any atom is -0.330 e. The fourth-order valence-electron chi connectivity index (χ4n) is 2.96. The summed E-state index contributed by atoms with van der Waals surface area (Å²) in [7, 11) is 0. The van der Waals surface area contributed by atoms with Gasteiger partial charge in [0.15, 0.2) is 11.4 Å². The molecule has 0 unspecified atom stereocenters. The van der Waals surface area contributed by atoms with Gasteiger partial charge in [0.05, 0.1) is 16.5 Å². The number of hydrogen-bond donors (Lipinski definition) is 0. The Morgan fingerprint density at radius 2 is 2.40 bits per heavy atom. The van der Waals surface area contributed by atoms with Gasteiger partial charge in [-0.3, -0.25) is 9.97 Å². The van der Waals surface area contributed by atoms with Crippen LogP contribution >= 0.6 is 11.3 Å². The van der Waals surface area contributed by atoms with Crippen LogP contribution in [0.5, 0.6) is 0 Å². The molecule has 1 aliphatic heterocycles. The minimum atomic E-state index is -2.22. The summed E-state index contributed by atoms with van der Waals surface area (Å²) in [6.45, 7) is -1.56. The molecule has 0 bridgehead atoms. The third-order valence-electron chi connectivity index (χ3n) is 3.84. The predicted octanol–water partition coefficient (Wildman–Crippen LogP) is 2.50. The van der Waals surface area contributed by atoms with Crippen LogP contribution in [0.1, 0.15) is 9.81 Å². The molecule has 0 aromatic carbocycles. The largest absolute Gasteiger partial charge is 0.330 e. The van der Waals surface area contributed by atoms with Gasteiger partial charge < -0.3 is 4.57 Å². The van der Waals surface area contributed by atoms with Crippen molar-refractivity contribution in [1.82, 2.24) is 14.5 Å². The van der Waals surface area contributed by atoms with Gasteiger partial charge in [-0.1, -0.05) is 0 Å². The molecule has 4 nitrogen and oxygen atoms in total. The second-order valence-electron chi connectivity index (χ2n) is 4.87. The van der Waals surface area contributed by atoms with Crippen molar-refractivity contribution in [2.45, 2.75) is 6.54 Å². The van der Waals surface area contributed by atoms with Gasteiger partial charge in [-0.05, 0) is 29.5 Å². The molecule has 0 aliphatic carbocycles. The molecular formula is C15H11N4S+.